The zero-order valence-electron chi connectivity index (χ0n) is 17.6. The molecular weight excluding hydrogens is 429 g/mol. The fourth-order valence-electron chi connectivity index (χ4n) is 3.91. The molecule has 2 unspecified atom stereocenters. The number of pyridine rings is 1. The van der Waals surface area contributed by atoms with Crippen molar-refractivity contribution in [1.82, 2.24) is 15.2 Å². The Labute approximate surface area is 183 Å². The predicted molar refractivity (Wildman–Crippen MR) is 108 cm³/mol. The van der Waals surface area contributed by atoms with Gasteiger partial charge in [-0.2, -0.15) is 18.3 Å². The van der Waals surface area contributed by atoms with Crippen LogP contribution in [0.3, 0.4) is 0 Å². The number of aliphatic carboxylic acids is 1. The number of anilines is 1. The van der Waals surface area contributed by atoms with Gasteiger partial charge in [0.15, 0.2) is 5.82 Å². The van der Waals surface area contributed by atoms with Crippen molar-refractivity contribution in [3.8, 4) is 5.88 Å². The number of hydrogen-bond acceptors (Lipinski definition) is 7. The van der Waals surface area contributed by atoms with Gasteiger partial charge in [-0.05, 0) is 44.4 Å². The van der Waals surface area contributed by atoms with E-state index >= 15 is 0 Å². The number of nitrogens with zero attached hydrogens (tertiary/aromatic N) is 4. The molecule has 4 heterocycles. The van der Waals surface area contributed by atoms with Gasteiger partial charge in [0.25, 0.3) is 0 Å². The fraction of sp³-hybridized carbons (Fsp3) is 0.524. The summed E-state index contributed by atoms with van der Waals surface area (Å²) in [5, 5.41) is 15.7. The molecule has 0 aromatic carbocycles. The van der Waals surface area contributed by atoms with E-state index in [0.717, 1.165) is 50.5 Å². The summed E-state index contributed by atoms with van der Waals surface area (Å²) >= 11 is 0. The molecule has 2 saturated heterocycles. The average molecular weight is 454 g/mol. The van der Waals surface area contributed by atoms with E-state index in [2.05, 4.69) is 26.1 Å². The van der Waals surface area contributed by atoms with E-state index in [1.165, 1.54) is 0 Å². The molecule has 0 bridgehead atoms. The standard InChI is InChI=1S/C19H24N4O2.C2HF3O2/c1-15-6-7-17(22-21-15)23-11-8-16-19(13-23,9-4-12-24-16)14-25-18-5-2-3-10-20-18;3-2(4,5)1(6)7/h2-3,5-7,10,16H,4,8-9,11-14H2,1H3;(H,6,7). The zero-order valence-corrected chi connectivity index (χ0v) is 17.6. The highest BCUT2D eigenvalue weighted by Crippen LogP contribution is 2.41. The Morgan fingerprint density at radius 2 is 2.09 bits per heavy atom. The van der Waals surface area contributed by atoms with Gasteiger partial charge in [0.1, 0.15) is 0 Å². The van der Waals surface area contributed by atoms with Gasteiger partial charge >= 0.3 is 12.1 Å². The molecular formula is C21H25F3N4O4. The first-order chi connectivity index (χ1) is 15.2. The number of hydrogen-bond donors (Lipinski definition) is 1. The number of alkyl halides is 3. The number of rotatable bonds is 4. The summed E-state index contributed by atoms with van der Waals surface area (Å²) in [5.74, 6) is -1.15. The fourth-order valence-corrected chi connectivity index (χ4v) is 3.91. The molecule has 8 nitrogen and oxygen atoms in total. The molecule has 0 radical (unpaired) electrons. The monoisotopic (exact) mass is 454 g/mol. The van der Waals surface area contributed by atoms with Gasteiger partial charge in [-0.15, -0.1) is 5.10 Å². The Morgan fingerprint density at radius 3 is 2.72 bits per heavy atom. The molecule has 0 amide bonds. The van der Waals surface area contributed by atoms with Gasteiger partial charge in [-0.3, -0.25) is 0 Å². The van der Waals surface area contributed by atoms with Gasteiger partial charge < -0.3 is 19.5 Å². The number of piperidine rings is 1. The molecule has 2 aliphatic rings. The Hall–Kier alpha value is -2.95. The molecule has 2 aromatic rings. The highest BCUT2D eigenvalue weighted by molar-refractivity contribution is 5.73. The van der Waals surface area contributed by atoms with Crippen LogP contribution in [0.15, 0.2) is 36.5 Å². The molecule has 11 heteroatoms. The predicted octanol–water partition coefficient (Wildman–Crippen LogP) is 3.27. The normalized spacial score (nSPS) is 22.9. The van der Waals surface area contributed by atoms with Crippen molar-refractivity contribution in [3.63, 3.8) is 0 Å². The van der Waals surface area contributed by atoms with E-state index in [1.54, 1.807) is 6.20 Å². The summed E-state index contributed by atoms with van der Waals surface area (Å²) in [5.41, 5.74) is 0.911. The number of ether oxygens (including phenoxy) is 2. The lowest BCUT2D eigenvalue weighted by Gasteiger charge is -2.50. The van der Waals surface area contributed by atoms with E-state index in [1.807, 2.05) is 31.2 Å². The maximum Gasteiger partial charge on any atom is 0.490 e. The Balaban J connectivity index is 0.000000360. The van der Waals surface area contributed by atoms with Crippen LogP contribution in [0.4, 0.5) is 19.0 Å². The molecule has 32 heavy (non-hydrogen) atoms. The lowest BCUT2D eigenvalue weighted by molar-refractivity contribution is -0.192. The van der Waals surface area contributed by atoms with Gasteiger partial charge in [0, 0.05) is 37.4 Å². The van der Waals surface area contributed by atoms with Crippen LogP contribution in [0.1, 0.15) is 25.0 Å². The number of aryl methyl sites for hydroxylation is 1. The highest BCUT2D eigenvalue weighted by atomic mass is 19.4. The Morgan fingerprint density at radius 1 is 1.31 bits per heavy atom. The third kappa shape index (κ3) is 6.06. The van der Waals surface area contributed by atoms with E-state index in [0.29, 0.717) is 12.5 Å². The summed E-state index contributed by atoms with van der Waals surface area (Å²) in [6.07, 6.45) is 0.0630. The highest BCUT2D eigenvalue weighted by Gasteiger charge is 2.47. The molecule has 174 valence electrons. The van der Waals surface area contributed by atoms with Gasteiger partial charge in [0.2, 0.25) is 5.88 Å². The Kier molecular flexibility index (Phi) is 7.49. The molecule has 0 aliphatic carbocycles. The minimum atomic E-state index is -5.08. The number of aromatic nitrogens is 3. The maximum absolute atomic E-state index is 10.6. The van der Waals surface area contributed by atoms with Crippen LogP contribution < -0.4 is 9.64 Å². The second kappa shape index (κ2) is 10.1. The van der Waals surface area contributed by atoms with Crippen LogP contribution >= 0.6 is 0 Å². The maximum atomic E-state index is 10.6. The van der Waals surface area contributed by atoms with E-state index in [9.17, 15) is 13.2 Å². The van der Waals surface area contributed by atoms with Crippen LogP contribution in [0.2, 0.25) is 0 Å². The van der Waals surface area contributed by atoms with E-state index in [4.69, 9.17) is 19.4 Å². The van der Waals surface area contributed by atoms with Gasteiger partial charge in [-0.25, -0.2) is 9.78 Å². The number of carboxylic acid groups (broad SMARTS) is 1. The van der Waals surface area contributed by atoms with Crippen LogP contribution in [0.5, 0.6) is 5.88 Å². The zero-order chi connectivity index (χ0) is 23.2. The molecule has 2 aliphatic heterocycles. The SMILES string of the molecule is Cc1ccc(N2CCC3OCCCC3(COc3ccccn3)C2)nn1.O=C(O)C(F)(F)F. The second-order valence-electron chi connectivity index (χ2n) is 7.83. The first-order valence-corrected chi connectivity index (χ1v) is 10.2. The minimum Gasteiger partial charge on any atom is -0.477 e. The quantitative estimate of drug-likeness (QED) is 0.752. The third-order valence-corrected chi connectivity index (χ3v) is 5.48. The second-order valence-corrected chi connectivity index (χ2v) is 7.83. The number of carbonyl (C=O) groups is 1. The van der Waals surface area contributed by atoms with Crippen LogP contribution in [0, 0.1) is 12.3 Å². The molecule has 0 saturated carbocycles. The summed E-state index contributed by atoms with van der Waals surface area (Å²) in [6.45, 7) is 5.24. The smallest absolute Gasteiger partial charge is 0.477 e. The van der Waals surface area contributed by atoms with Crippen LogP contribution in [-0.2, 0) is 9.53 Å². The first-order valence-electron chi connectivity index (χ1n) is 10.2. The van der Waals surface area contributed by atoms with E-state index in [-0.39, 0.29) is 11.5 Å². The molecule has 2 fully saturated rings. The van der Waals surface area contributed by atoms with Crippen molar-refractivity contribution < 1.29 is 32.5 Å². The van der Waals surface area contributed by atoms with Crippen LogP contribution in [0.25, 0.3) is 0 Å². The average Bonchev–Trinajstić information content (AvgIpc) is 2.78. The van der Waals surface area contributed by atoms with Gasteiger partial charge in [-0.1, -0.05) is 6.07 Å². The molecule has 4 rings (SSSR count). The summed E-state index contributed by atoms with van der Waals surface area (Å²) in [4.78, 5) is 15.5. The molecule has 2 aromatic heterocycles. The van der Waals surface area contributed by atoms with Crippen LogP contribution in [-0.4, -0.2) is 64.8 Å². The number of fused-ring (bicyclic) bond motifs is 1. The van der Waals surface area contributed by atoms with Gasteiger partial charge in [0.05, 0.1) is 18.4 Å². The molecule has 1 N–H and O–H groups in total. The minimum absolute atomic E-state index is 0.0272. The van der Waals surface area contributed by atoms with Crippen molar-refractivity contribution in [1.29, 1.82) is 0 Å². The first kappa shape index (κ1) is 23.7. The summed E-state index contributed by atoms with van der Waals surface area (Å²) < 4.78 is 43.9. The third-order valence-electron chi connectivity index (χ3n) is 5.48. The van der Waals surface area contributed by atoms with Crippen molar-refractivity contribution in [2.45, 2.75) is 38.5 Å². The topological polar surface area (TPSA) is 97.7 Å². The Bertz CT molecular complexity index is 883. The molecule has 2 atom stereocenters. The largest absolute Gasteiger partial charge is 0.490 e. The lowest BCUT2D eigenvalue weighted by atomic mass is 9.73. The lowest BCUT2D eigenvalue weighted by Crippen LogP contribution is -2.57. The van der Waals surface area contributed by atoms with Crippen molar-refractivity contribution in [3.05, 3.63) is 42.2 Å². The summed E-state index contributed by atoms with van der Waals surface area (Å²) in [7, 11) is 0. The molecule has 0 spiro atoms. The summed E-state index contributed by atoms with van der Waals surface area (Å²) in [6, 6.07) is 9.82. The van der Waals surface area contributed by atoms with Crippen molar-refractivity contribution in [2.75, 3.05) is 31.2 Å². The van der Waals surface area contributed by atoms with E-state index < -0.39 is 12.1 Å². The number of carboxylic acids is 1. The number of halogens is 3. The van der Waals surface area contributed by atoms with Crippen molar-refractivity contribution in [2.24, 2.45) is 5.41 Å². The van der Waals surface area contributed by atoms with Crippen molar-refractivity contribution >= 4 is 11.8 Å².